The molecular formula is C22H23ClN4O2. The Kier molecular flexibility index (Phi) is 5.04. The fourth-order valence-electron chi connectivity index (χ4n) is 3.60. The van der Waals surface area contributed by atoms with Gasteiger partial charge < -0.3 is 4.74 Å². The van der Waals surface area contributed by atoms with E-state index in [0.717, 1.165) is 27.4 Å². The molecule has 0 aliphatic rings. The van der Waals surface area contributed by atoms with Gasteiger partial charge in [0.2, 0.25) is 5.78 Å². The van der Waals surface area contributed by atoms with Crippen LogP contribution in [0.5, 0.6) is 5.75 Å². The Hall–Kier alpha value is -2.86. The summed E-state index contributed by atoms with van der Waals surface area (Å²) >= 11 is 6.37. The van der Waals surface area contributed by atoms with Crippen molar-refractivity contribution < 1.29 is 4.74 Å². The summed E-state index contributed by atoms with van der Waals surface area (Å²) in [6.45, 7) is 8.83. The zero-order valence-electron chi connectivity index (χ0n) is 16.9. The first-order valence-corrected chi connectivity index (χ1v) is 10.1. The number of para-hydroxylation sites is 1. The van der Waals surface area contributed by atoms with Gasteiger partial charge in [0.05, 0.1) is 10.9 Å². The molecule has 6 nitrogen and oxygen atoms in total. The summed E-state index contributed by atoms with van der Waals surface area (Å²) in [5.74, 6) is 2.22. The first kappa shape index (κ1) is 19.5. The zero-order valence-corrected chi connectivity index (χ0v) is 17.7. The average Bonchev–Trinajstić information content (AvgIpc) is 3.11. The molecule has 0 saturated carbocycles. The lowest BCUT2D eigenvalue weighted by Gasteiger charge is -2.15. The minimum atomic E-state index is -0.0643. The van der Waals surface area contributed by atoms with Crippen LogP contribution in [0.2, 0.25) is 5.02 Å². The van der Waals surface area contributed by atoms with E-state index in [1.165, 1.54) is 0 Å². The highest BCUT2D eigenvalue weighted by molar-refractivity contribution is 6.31. The number of benzene rings is 2. The van der Waals surface area contributed by atoms with Crippen molar-refractivity contribution in [1.29, 1.82) is 0 Å². The molecule has 0 unspecified atom stereocenters. The summed E-state index contributed by atoms with van der Waals surface area (Å²) in [6.07, 6.45) is 0. The van der Waals surface area contributed by atoms with Gasteiger partial charge in [-0.25, -0.2) is 0 Å². The quantitative estimate of drug-likeness (QED) is 0.477. The fraction of sp³-hybridized carbons (Fsp3) is 0.318. The minimum absolute atomic E-state index is 0.0643. The molecule has 4 aromatic rings. The molecule has 0 amide bonds. The number of aryl methyl sites for hydroxylation is 2. The number of fused-ring (bicyclic) bond motifs is 3. The number of halogens is 1. The number of ether oxygens (including phenoxy) is 1. The molecule has 0 aliphatic heterocycles. The Morgan fingerprint density at radius 2 is 1.93 bits per heavy atom. The van der Waals surface area contributed by atoms with Crippen molar-refractivity contribution in [1.82, 2.24) is 19.2 Å². The second kappa shape index (κ2) is 7.52. The van der Waals surface area contributed by atoms with Crippen LogP contribution < -0.4 is 10.3 Å². The van der Waals surface area contributed by atoms with Gasteiger partial charge in [0.25, 0.3) is 5.56 Å². The molecule has 0 saturated heterocycles. The zero-order chi connectivity index (χ0) is 20.7. The third-order valence-corrected chi connectivity index (χ3v) is 5.49. The highest BCUT2D eigenvalue weighted by Crippen LogP contribution is 2.31. The van der Waals surface area contributed by atoms with Crippen molar-refractivity contribution in [3.63, 3.8) is 0 Å². The van der Waals surface area contributed by atoms with Crippen molar-refractivity contribution in [3.8, 4) is 5.75 Å². The monoisotopic (exact) mass is 410 g/mol. The lowest BCUT2D eigenvalue weighted by Crippen LogP contribution is -2.22. The van der Waals surface area contributed by atoms with E-state index < -0.39 is 0 Å². The molecule has 0 N–H and O–H groups in total. The van der Waals surface area contributed by atoms with Gasteiger partial charge in [-0.1, -0.05) is 37.6 Å². The summed E-state index contributed by atoms with van der Waals surface area (Å²) in [7, 11) is 0. The van der Waals surface area contributed by atoms with Crippen LogP contribution in [0.1, 0.15) is 43.6 Å². The first-order valence-electron chi connectivity index (χ1n) is 9.70. The van der Waals surface area contributed by atoms with Gasteiger partial charge in [-0.15, -0.1) is 10.2 Å². The van der Waals surface area contributed by atoms with Gasteiger partial charge in [0, 0.05) is 11.6 Å². The summed E-state index contributed by atoms with van der Waals surface area (Å²) < 4.78 is 9.64. The largest absolute Gasteiger partial charge is 0.485 e. The maximum atomic E-state index is 12.8. The van der Waals surface area contributed by atoms with Gasteiger partial charge in [-0.3, -0.25) is 13.8 Å². The molecule has 2 heterocycles. The molecule has 0 spiro atoms. The van der Waals surface area contributed by atoms with Crippen LogP contribution in [0.15, 0.2) is 41.2 Å². The molecule has 2 aromatic carbocycles. The van der Waals surface area contributed by atoms with Crippen molar-refractivity contribution >= 4 is 28.3 Å². The summed E-state index contributed by atoms with van der Waals surface area (Å²) in [5.41, 5.74) is 2.72. The van der Waals surface area contributed by atoms with Crippen LogP contribution in [0, 0.1) is 6.92 Å². The molecular weight excluding hydrogens is 388 g/mol. The minimum Gasteiger partial charge on any atom is -0.485 e. The Labute approximate surface area is 173 Å². The van der Waals surface area contributed by atoms with Crippen LogP contribution >= 0.6 is 11.6 Å². The normalized spacial score (nSPS) is 11.7. The van der Waals surface area contributed by atoms with E-state index in [1.54, 1.807) is 4.57 Å². The third kappa shape index (κ3) is 3.27. The standard InChI is InChI=1S/C22H23ClN4O2/c1-5-26-21(28)15-8-6-7-9-18(15)27-20(24-25-22(26)27)12-29-19-11-16(13(2)3)17(23)10-14(19)4/h6-11,13H,5,12H2,1-4H3. The number of rotatable bonds is 5. The van der Waals surface area contributed by atoms with E-state index in [9.17, 15) is 4.79 Å². The van der Waals surface area contributed by atoms with Gasteiger partial charge in [0.15, 0.2) is 5.82 Å². The average molecular weight is 411 g/mol. The molecule has 4 rings (SSSR count). The van der Waals surface area contributed by atoms with Crippen LogP contribution in [0.3, 0.4) is 0 Å². The Balaban J connectivity index is 1.80. The Morgan fingerprint density at radius 1 is 1.17 bits per heavy atom. The topological polar surface area (TPSA) is 61.4 Å². The predicted molar refractivity (Wildman–Crippen MR) is 115 cm³/mol. The maximum absolute atomic E-state index is 12.8. The summed E-state index contributed by atoms with van der Waals surface area (Å²) in [5, 5.41) is 9.97. The van der Waals surface area contributed by atoms with Crippen LogP contribution in [0.25, 0.3) is 16.7 Å². The molecule has 0 atom stereocenters. The van der Waals surface area contributed by atoms with E-state index in [4.69, 9.17) is 16.3 Å². The molecule has 7 heteroatoms. The molecule has 150 valence electrons. The molecule has 29 heavy (non-hydrogen) atoms. The molecule has 0 radical (unpaired) electrons. The smallest absolute Gasteiger partial charge is 0.262 e. The second-order valence-corrected chi connectivity index (χ2v) is 7.81. The second-order valence-electron chi connectivity index (χ2n) is 7.40. The van der Waals surface area contributed by atoms with Crippen molar-refractivity contribution in [2.24, 2.45) is 0 Å². The molecule has 0 bridgehead atoms. The van der Waals surface area contributed by atoms with E-state index in [2.05, 4.69) is 24.0 Å². The number of aromatic nitrogens is 4. The predicted octanol–water partition coefficient (Wildman–Crippen LogP) is 4.73. The van der Waals surface area contributed by atoms with Gasteiger partial charge in [-0.05, 0) is 55.2 Å². The van der Waals surface area contributed by atoms with Gasteiger partial charge in [-0.2, -0.15) is 0 Å². The summed E-state index contributed by atoms with van der Waals surface area (Å²) in [4.78, 5) is 12.8. The highest BCUT2D eigenvalue weighted by Gasteiger charge is 2.17. The van der Waals surface area contributed by atoms with E-state index in [0.29, 0.717) is 29.5 Å². The van der Waals surface area contributed by atoms with E-state index in [-0.39, 0.29) is 12.2 Å². The van der Waals surface area contributed by atoms with E-state index in [1.807, 2.05) is 54.6 Å². The van der Waals surface area contributed by atoms with Crippen molar-refractivity contribution in [3.05, 3.63) is 68.7 Å². The number of nitrogens with zero attached hydrogens (tertiary/aromatic N) is 4. The van der Waals surface area contributed by atoms with Crippen LogP contribution in [-0.4, -0.2) is 19.2 Å². The molecule has 2 aromatic heterocycles. The SMILES string of the molecule is CCn1c(=O)c2ccccc2n2c(COc3cc(C(C)C)c(Cl)cc3C)nnc12. The van der Waals surface area contributed by atoms with Crippen LogP contribution in [0.4, 0.5) is 0 Å². The van der Waals surface area contributed by atoms with E-state index >= 15 is 0 Å². The van der Waals surface area contributed by atoms with Gasteiger partial charge in [0.1, 0.15) is 12.4 Å². The van der Waals surface area contributed by atoms with Gasteiger partial charge >= 0.3 is 0 Å². The van der Waals surface area contributed by atoms with Crippen LogP contribution in [-0.2, 0) is 13.2 Å². The lowest BCUT2D eigenvalue weighted by atomic mass is 10.0. The van der Waals surface area contributed by atoms with Crippen molar-refractivity contribution in [2.75, 3.05) is 0 Å². The van der Waals surface area contributed by atoms with Crippen molar-refractivity contribution in [2.45, 2.75) is 46.8 Å². The third-order valence-electron chi connectivity index (χ3n) is 5.16. The molecule has 0 aliphatic carbocycles. The first-order chi connectivity index (χ1) is 13.9. The Bertz CT molecular complexity index is 1270. The maximum Gasteiger partial charge on any atom is 0.262 e. The molecule has 0 fully saturated rings. The lowest BCUT2D eigenvalue weighted by molar-refractivity contribution is 0.292. The summed E-state index contributed by atoms with van der Waals surface area (Å²) in [6, 6.07) is 11.4. The fourth-order valence-corrected chi connectivity index (χ4v) is 4.04. The number of hydrogen-bond acceptors (Lipinski definition) is 4. The number of hydrogen-bond donors (Lipinski definition) is 0. The Morgan fingerprint density at radius 3 is 2.66 bits per heavy atom. The highest BCUT2D eigenvalue weighted by atomic mass is 35.5.